The zero-order valence-electron chi connectivity index (χ0n) is 17.2. The van der Waals surface area contributed by atoms with Gasteiger partial charge < -0.3 is 30.0 Å². The van der Waals surface area contributed by atoms with E-state index in [9.17, 15) is 18.3 Å². The van der Waals surface area contributed by atoms with Crippen LogP contribution in [0.15, 0.2) is 29.3 Å². The molecule has 0 radical (unpaired) electrons. The maximum Gasteiger partial charge on any atom is 0.416 e. The minimum atomic E-state index is -4.39. The average Bonchev–Trinajstić information content (AvgIpc) is 3.22. The molecule has 3 atom stereocenters. The quantitative estimate of drug-likeness (QED) is 0.388. The Labute approximate surface area is 174 Å². The SMILES string of the molecule is CCNC(=NCC(O)COc1ccc(C(F)(F)F)cc1)NC(C)COC1CCOC1. The lowest BCUT2D eigenvalue weighted by atomic mass is 10.2. The smallest absolute Gasteiger partial charge is 0.416 e. The van der Waals surface area contributed by atoms with Crippen molar-refractivity contribution in [3.05, 3.63) is 29.8 Å². The van der Waals surface area contributed by atoms with Crippen molar-refractivity contribution < 1.29 is 32.5 Å². The first kappa shape index (κ1) is 24.2. The fourth-order valence-electron chi connectivity index (χ4n) is 2.70. The number of halogens is 3. The minimum absolute atomic E-state index is 0.00365. The van der Waals surface area contributed by atoms with Gasteiger partial charge in [-0.2, -0.15) is 13.2 Å². The van der Waals surface area contributed by atoms with Crippen molar-refractivity contribution in [2.75, 3.05) is 39.5 Å². The largest absolute Gasteiger partial charge is 0.491 e. The number of hydrogen-bond acceptors (Lipinski definition) is 5. The Hall–Kier alpha value is -2.04. The van der Waals surface area contributed by atoms with E-state index in [-0.39, 0.29) is 31.0 Å². The number of aliphatic hydroxyl groups excluding tert-OH is 1. The summed E-state index contributed by atoms with van der Waals surface area (Å²) in [6.45, 7) is 6.36. The predicted octanol–water partition coefficient (Wildman–Crippen LogP) is 2.19. The van der Waals surface area contributed by atoms with E-state index in [2.05, 4.69) is 15.6 Å². The molecule has 0 aromatic heterocycles. The van der Waals surface area contributed by atoms with Crippen LogP contribution in [0.5, 0.6) is 5.75 Å². The maximum absolute atomic E-state index is 12.6. The van der Waals surface area contributed by atoms with E-state index in [0.717, 1.165) is 25.2 Å². The minimum Gasteiger partial charge on any atom is -0.491 e. The Kier molecular flexibility index (Phi) is 9.67. The third-order valence-corrected chi connectivity index (χ3v) is 4.28. The fraction of sp³-hybridized carbons (Fsp3) is 0.650. The summed E-state index contributed by atoms with van der Waals surface area (Å²) in [6.07, 6.45) is -4.29. The number of alkyl halides is 3. The first-order valence-corrected chi connectivity index (χ1v) is 10.00. The van der Waals surface area contributed by atoms with Crippen LogP contribution in [0.2, 0.25) is 0 Å². The van der Waals surface area contributed by atoms with Crippen LogP contribution in [-0.2, 0) is 15.7 Å². The second kappa shape index (κ2) is 12.0. The third-order valence-electron chi connectivity index (χ3n) is 4.28. The molecule has 3 unspecified atom stereocenters. The molecule has 0 spiro atoms. The van der Waals surface area contributed by atoms with E-state index in [0.29, 0.717) is 25.7 Å². The van der Waals surface area contributed by atoms with E-state index in [1.54, 1.807) is 0 Å². The first-order chi connectivity index (χ1) is 14.3. The Bertz CT molecular complexity index is 650. The summed E-state index contributed by atoms with van der Waals surface area (Å²) >= 11 is 0. The molecule has 1 fully saturated rings. The van der Waals surface area contributed by atoms with Gasteiger partial charge in [-0.25, -0.2) is 0 Å². The molecule has 0 saturated carbocycles. The van der Waals surface area contributed by atoms with Gasteiger partial charge in [0.2, 0.25) is 0 Å². The monoisotopic (exact) mass is 433 g/mol. The number of nitrogens with zero attached hydrogens (tertiary/aromatic N) is 1. The zero-order valence-corrected chi connectivity index (χ0v) is 17.2. The maximum atomic E-state index is 12.6. The Morgan fingerprint density at radius 1 is 1.30 bits per heavy atom. The van der Waals surface area contributed by atoms with Crippen molar-refractivity contribution in [2.24, 2.45) is 4.99 Å². The standard InChI is InChI=1S/C20H30F3N3O4/c1-3-24-19(26-14(2)11-29-18-8-9-28-13-18)25-10-16(27)12-30-17-6-4-15(5-7-17)20(21,22)23/h4-7,14,16,18,27H,3,8-13H2,1-2H3,(H2,24,25,26). The highest BCUT2D eigenvalue weighted by Crippen LogP contribution is 2.30. The summed E-state index contributed by atoms with van der Waals surface area (Å²) < 4.78 is 54.1. The zero-order chi connectivity index (χ0) is 22.0. The molecule has 1 aromatic carbocycles. The second-order valence-electron chi connectivity index (χ2n) is 7.07. The van der Waals surface area contributed by atoms with Crippen molar-refractivity contribution in [2.45, 2.75) is 44.7 Å². The van der Waals surface area contributed by atoms with Gasteiger partial charge in [-0.1, -0.05) is 0 Å². The van der Waals surface area contributed by atoms with Crippen molar-refractivity contribution in [1.82, 2.24) is 10.6 Å². The van der Waals surface area contributed by atoms with E-state index in [4.69, 9.17) is 14.2 Å². The van der Waals surface area contributed by atoms with Crippen molar-refractivity contribution in [3.63, 3.8) is 0 Å². The van der Waals surface area contributed by atoms with Gasteiger partial charge in [0.25, 0.3) is 0 Å². The van der Waals surface area contributed by atoms with Crippen LogP contribution in [0.4, 0.5) is 13.2 Å². The molecule has 1 heterocycles. The predicted molar refractivity (Wildman–Crippen MR) is 107 cm³/mol. The number of guanidine groups is 1. The number of hydrogen-bond donors (Lipinski definition) is 3. The highest BCUT2D eigenvalue weighted by molar-refractivity contribution is 5.80. The number of aliphatic hydroxyl groups is 1. The number of aliphatic imine (C=N–C) groups is 1. The van der Waals surface area contributed by atoms with E-state index < -0.39 is 17.8 Å². The van der Waals surface area contributed by atoms with Crippen LogP contribution in [0, 0.1) is 0 Å². The molecule has 2 rings (SSSR count). The van der Waals surface area contributed by atoms with E-state index in [1.807, 2.05) is 13.8 Å². The topological polar surface area (TPSA) is 84.3 Å². The van der Waals surface area contributed by atoms with Gasteiger partial charge in [0.1, 0.15) is 18.5 Å². The fourth-order valence-corrected chi connectivity index (χ4v) is 2.70. The molecular formula is C20H30F3N3O4. The summed E-state index contributed by atoms with van der Waals surface area (Å²) in [5.74, 6) is 0.780. The van der Waals surface area contributed by atoms with Gasteiger partial charge in [-0.05, 0) is 44.5 Å². The highest BCUT2D eigenvalue weighted by atomic mass is 19.4. The second-order valence-corrected chi connectivity index (χ2v) is 7.07. The number of ether oxygens (including phenoxy) is 3. The number of nitrogens with one attached hydrogen (secondary N) is 2. The van der Waals surface area contributed by atoms with Crippen LogP contribution < -0.4 is 15.4 Å². The molecule has 1 aliphatic heterocycles. The van der Waals surface area contributed by atoms with Gasteiger partial charge in [0.05, 0.1) is 31.4 Å². The van der Waals surface area contributed by atoms with Crippen molar-refractivity contribution in [1.29, 1.82) is 0 Å². The molecule has 170 valence electrons. The highest BCUT2D eigenvalue weighted by Gasteiger charge is 2.30. The van der Waals surface area contributed by atoms with Crippen LogP contribution >= 0.6 is 0 Å². The summed E-state index contributed by atoms with van der Waals surface area (Å²) in [7, 11) is 0. The molecule has 30 heavy (non-hydrogen) atoms. The van der Waals surface area contributed by atoms with Crippen molar-refractivity contribution in [3.8, 4) is 5.75 Å². The third kappa shape index (κ3) is 8.76. The Balaban J connectivity index is 1.75. The average molecular weight is 433 g/mol. The lowest BCUT2D eigenvalue weighted by molar-refractivity contribution is -0.137. The molecule has 1 saturated heterocycles. The molecule has 0 amide bonds. The summed E-state index contributed by atoms with van der Waals surface area (Å²) in [6, 6.07) is 4.33. The summed E-state index contributed by atoms with van der Waals surface area (Å²) in [5, 5.41) is 16.4. The molecule has 1 aliphatic rings. The van der Waals surface area contributed by atoms with E-state index >= 15 is 0 Å². The molecule has 10 heteroatoms. The van der Waals surface area contributed by atoms with Crippen LogP contribution in [0.25, 0.3) is 0 Å². The lowest BCUT2D eigenvalue weighted by Crippen LogP contribution is -2.45. The molecule has 0 aliphatic carbocycles. The Morgan fingerprint density at radius 2 is 2.03 bits per heavy atom. The van der Waals surface area contributed by atoms with Crippen molar-refractivity contribution >= 4 is 5.96 Å². The van der Waals surface area contributed by atoms with Gasteiger partial charge >= 0.3 is 6.18 Å². The number of rotatable bonds is 10. The van der Waals surface area contributed by atoms with Crippen LogP contribution in [-0.4, -0.2) is 68.8 Å². The van der Waals surface area contributed by atoms with Gasteiger partial charge in [0, 0.05) is 19.2 Å². The molecule has 1 aromatic rings. The van der Waals surface area contributed by atoms with Gasteiger partial charge in [-0.15, -0.1) is 0 Å². The van der Waals surface area contributed by atoms with Crippen LogP contribution in [0.1, 0.15) is 25.8 Å². The molecule has 7 nitrogen and oxygen atoms in total. The molecular weight excluding hydrogens is 403 g/mol. The van der Waals surface area contributed by atoms with Gasteiger partial charge in [0.15, 0.2) is 5.96 Å². The van der Waals surface area contributed by atoms with Gasteiger partial charge in [-0.3, -0.25) is 4.99 Å². The lowest BCUT2D eigenvalue weighted by Gasteiger charge is -2.20. The molecule has 3 N–H and O–H groups in total. The summed E-state index contributed by atoms with van der Waals surface area (Å²) in [5.41, 5.74) is -0.750. The normalized spacial score (nSPS) is 19.4. The number of benzene rings is 1. The van der Waals surface area contributed by atoms with Crippen LogP contribution in [0.3, 0.4) is 0 Å². The van der Waals surface area contributed by atoms with E-state index in [1.165, 1.54) is 12.1 Å². The Morgan fingerprint density at radius 3 is 2.63 bits per heavy atom. The first-order valence-electron chi connectivity index (χ1n) is 10.00. The molecule has 0 bridgehead atoms. The summed E-state index contributed by atoms with van der Waals surface area (Å²) in [4.78, 5) is 4.33.